The monoisotopic (exact) mass is 296 g/mol. The number of hydrogen-bond acceptors (Lipinski definition) is 4. The fourth-order valence-corrected chi connectivity index (χ4v) is 2.58. The Kier molecular flexibility index (Phi) is 4.32. The lowest BCUT2D eigenvalue weighted by molar-refractivity contribution is 0.194. The number of halogens is 1. The largest absolute Gasteiger partial charge is 0.491 e. The van der Waals surface area contributed by atoms with Crippen molar-refractivity contribution in [1.29, 1.82) is 5.26 Å². The van der Waals surface area contributed by atoms with E-state index in [4.69, 9.17) is 26.7 Å². The number of fused-ring (bicyclic) bond motifs is 1. The highest BCUT2D eigenvalue weighted by Crippen LogP contribution is 2.38. The lowest BCUT2D eigenvalue weighted by atomic mass is 9.94. The number of nitrogens with zero attached hydrogens (tertiary/aromatic N) is 1. The summed E-state index contributed by atoms with van der Waals surface area (Å²) in [5.41, 5.74) is 2.22. The molecule has 106 valence electrons. The van der Waals surface area contributed by atoms with Crippen molar-refractivity contribution < 1.29 is 19.7 Å². The molecule has 1 aliphatic heterocycles. The molecule has 6 nitrogen and oxygen atoms in total. The maximum atomic E-state index is 10.6. The molecular formula is C13H13ClN2O4. The first-order valence-electron chi connectivity index (χ1n) is 6.03. The molecule has 0 aliphatic carbocycles. The average Bonchev–Trinajstić information content (AvgIpc) is 2.89. The summed E-state index contributed by atoms with van der Waals surface area (Å²) in [6.07, 6.45) is -1.55. The van der Waals surface area contributed by atoms with Crippen molar-refractivity contribution in [1.82, 2.24) is 5.32 Å². The van der Waals surface area contributed by atoms with Gasteiger partial charge in [-0.3, -0.25) is 0 Å². The molecule has 3 N–H and O–H groups in total. The molecule has 1 aliphatic rings. The lowest BCUT2D eigenvalue weighted by Gasteiger charge is -2.15. The van der Waals surface area contributed by atoms with Crippen LogP contribution < -0.4 is 10.1 Å². The molecule has 1 aromatic carbocycles. The number of nitrogens with one attached hydrogen (secondary N) is 1. The number of carbonyl (C=O) groups is 1. The molecular weight excluding hydrogens is 284 g/mol. The van der Waals surface area contributed by atoms with E-state index in [1.54, 1.807) is 12.1 Å². The van der Waals surface area contributed by atoms with E-state index < -0.39 is 12.2 Å². The lowest BCUT2D eigenvalue weighted by Crippen LogP contribution is -2.22. The predicted molar refractivity (Wildman–Crippen MR) is 70.8 cm³/mol. The van der Waals surface area contributed by atoms with Gasteiger partial charge in [0.1, 0.15) is 11.9 Å². The molecule has 0 unspecified atom stereocenters. The standard InChI is InChI=1S/C13H13ClN2O4/c14-11-3-7(6-16-13(18)19)10(4-8(17)5-15)9-1-2-20-12(9)11/h3,8,16-17H,1-2,4,6H2,(H,18,19)/t8-/m0/s1. The molecule has 0 saturated heterocycles. The van der Waals surface area contributed by atoms with Crippen LogP contribution in [0.25, 0.3) is 0 Å². The molecule has 1 heterocycles. The Morgan fingerprint density at radius 1 is 1.65 bits per heavy atom. The molecule has 2 rings (SSSR count). The van der Waals surface area contributed by atoms with Gasteiger partial charge in [0.25, 0.3) is 0 Å². The number of nitriles is 1. The molecule has 7 heteroatoms. The predicted octanol–water partition coefficient (Wildman–Crippen LogP) is 1.47. The van der Waals surface area contributed by atoms with E-state index in [0.29, 0.717) is 29.4 Å². The normalized spacial score (nSPS) is 14.1. The van der Waals surface area contributed by atoms with Gasteiger partial charge in [-0.05, 0) is 17.2 Å². The Bertz CT molecular complexity index is 583. The summed E-state index contributed by atoms with van der Waals surface area (Å²) < 4.78 is 5.43. The smallest absolute Gasteiger partial charge is 0.404 e. The third-order valence-corrected chi connectivity index (χ3v) is 3.40. The van der Waals surface area contributed by atoms with Gasteiger partial charge in [-0.1, -0.05) is 11.6 Å². The maximum Gasteiger partial charge on any atom is 0.404 e. The highest BCUT2D eigenvalue weighted by Gasteiger charge is 2.24. The van der Waals surface area contributed by atoms with Crippen LogP contribution in [0, 0.1) is 11.3 Å². The zero-order valence-electron chi connectivity index (χ0n) is 10.5. The molecule has 1 amide bonds. The summed E-state index contributed by atoms with van der Waals surface area (Å²) >= 11 is 6.10. The second-order valence-electron chi connectivity index (χ2n) is 4.41. The second kappa shape index (κ2) is 5.99. The minimum Gasteiger partial charge on any atom is -0.491 e. The number of rotatable bonds is 4. The third kappa shape index (κ3) is 2.95. The van der Waals surface area contributed by atoms with Crippen LogP contribution >= 0.6 is 11.6 Å². The fraction of sp³-hybridized carbons (Fsp3) is 0.385. The summed E-state index contributed by atoms with van der Waals surface area (Å²) in [6.45, 7) is 0.552. The van der Waals surface area contributed by atoms with Gasteiger partial charge in [-0.15, -0.1) is 0 Å². The quantitative estimate of drug-likeness (QED) is 0.730. The van der Waals surface area contributed by atoms with Crippen molar-refractivity contribution in [2.75, 3.05) is 6.61 Å². The molecule has 0 radical (unpaired) electrons. The van der Waals surface area contributed by atoms with E-state index in [1.165, 1.54) is 0 Å². The first-order valence-corrected chi connectivity index (χ1v) is 6.41. The minimum absolute atomic E-state index is 0.0653. The van der Waals surface area contributed by atoms with Crippen molar-refractivity contribution in [2.45, 2.75) is 25.5 Å². The van der Waals surface area contributed by atoms with Gasteiger partial charge in [-0.2, -0.15) is 5.26 Å². The van der Waals surface area contributed by atoms with Crippen LogP contribution in [-0.2, 0) is 19.4 Å². The number of amides is 1. The Hall–Kier alpha value is -1.97. The van der Waals surface area contributed by atoms with Crippen LogP contribution in [0.15, 0.2) is 6.07 Å². The number of ether oxygens (including phenoxy) is 1. The van der Waals surface area contributed by atoms with Gasteiger partial charge in [-0.25, -0.2) is 4.79 Å². The van der Waals surface area contributed by atoms with Crippen LogP contribution in [0.1, 0.15) is 16.7 Å². The Morgan fingerprint density at radius 2 is 2.40 bits per heavy atom. The molecule has 0 saturated carbocycles. The van der Waals surface area contributed by atoms with Crippen LogP contribution in [-0.4, -0.2) is 29.0 Å². The van der Waals surface area contributed by atoms with Gasteiger partial charge in [0.2, 0.25) is 0 Å². The molecule has 1 aromatic rings. The Labute approximate surface area is 120 Å². The molecule has 20 heavy (non-hydrogen) atoms. The summed E-state index contributed by atoms with van der Waals surface area (Å²) in [5, 5.41) is 29.6. The van der Waals surface area contributed by atoms with Crippen LogP contribution in [0.4, 0.5) is 4.79 Å². The van der Waals surface area contributed by atoms with E-state index in [2.05, 4.69) is 5.32 Å². The van der Waals surface area contributed by atoms with E-state index >= 15 is 0 Å². The number of benzene rings is 1. The minimum atomic E-state index is -1.15. The van der Waals surface area contributed by atoms with Crippen molar-refractivity contribution >= 4 is 17.7 Å². The SMILES string of the molecule is N#C[C@@H](O)Cc1c(CNC(=O)O)cc(Cl)c2c1CCO2. The van der Waals surface area contributed by atoms with Crippen molar-refractivity contribution in [3.8, 4) is 11.8 Å². The molecule has 0 fully saturated rings. The highest BCUT2D eigenvalue weighted by molar-refractivity contribution is 6.32. The topological polar surface area (TPSA) is 103 Å². The van der Waals surface area contributed by atoms with Crippen LogP contribution in [0.3, 0.4) is 0 Å². The third-order valence-electron chi connectivity index (χ3n) is 3.12. The average molecular weight is 297 g/mol. The van der Waals surface area contributed by atoms with Crippen molar-refractivity contribution in [3.63, 3.8) is 0 Å². The highest BCUT2D eigenvalue weighted by atomic mass is 35.5. The first-order chi connectivity index (χ1) is 9.52. The Morgan fingerprint density at radius 3 is 3.05 bits per heavy atom. The number of hydrogen-bond donors (Lipinski definition) is 3. The van der Waals surface area contributed by atoms with Crippen molar-refractivity contribution in [3.05, 3.63) is 27.8 Å². The molecule has 1 atom stereocenters. The van der Waals surface area contributed by atoms with Crippen LogP contribution in [0.5, 0.6) is 5.75 Å². The maximum absolute atomic E-state index is 10.6. The van der Waals surface area contributed by atoms with Gasteiger partial charge < -0.3 is 20.3 Å². The second-order valence-corrected chi connectivity index (χ2v) is 4.82. The number of aliphatic hydroxyl groups excluding tert-OH is 1. The fourth-order valence-electron chi connectivity index (χ4n) is 2.28. The van der Waals surface area contributed by atoms with Gasteiger partial charge >= 0.3 is 6.09 Å². The number of aliphatic hydroxyl groups is 1. The van der Waals surface area contributed by atoms with Crippen LogP contribution in [0.2, 0.25) is 5.02 Å². The van der Waals surface area contributed by atoms with Crippen molar-refractivity contribution in [2.24, 2.45) is 0 Å². The Balaban J connectivity index is 2.41. The van der Waals surface area contributed by atoms with Gasteiger partial charge in [0, 0.05) is 24.9 Å². The zero-order chi connectivity index (χ0) is 14.7. The summed E-state index contributed by atoms with van der Waals surface area (Å²) in [5.74, 6) is 0.561. The van der Waals surface area contributed by atoms with Gasteiger partial charge in [0.05, 0.1) is 17.7 Å². The zero-order valence-corrected chi connectivity index (χ0v) is 11.3. The molecule has 0 bridgehead atoms. The van der Waals surface area contributed by atoms with E-state index in [0.717, 1.165) is 11.1 Å². The first kappa shape index (κ1) is 14.4. The van der Waals surface area contributed by atoms with Gasteiger partial charge in [0.15, 0.2) is 0 Å². The van der Waals surface area contributed by atoms with E-state index in [1.807, 2.05) is 0 Å². The van der Waals surface area contributed by atoms with E-state index in [9.17, 15) is 9.90 Å². The number of carboxylic acid groups (broad SMARTS) is 1. The summed E-state index contributed by atoms with van der Waals surface area (Å²) in [7, 11) is 0. The molecule has 0 spiro atoms. The van der Waals surface area contributed by atoms with E-state index in [-0.39, 0.29) is 13.0 Å². The summed E-state index contributed by atoms with van der Waals surface area (Å²) in [6, 6.07) is 3.37. The summed E-state index contributed by atoms with van der Waals surface area (Å²) in [4.78, 5) is 10.6. The molecule has 0 aromatic heterocycles.